The highest BCUT2D eigenvalue weighted by Crippen LogP contribution is 2.53. The molecule has 0 radical (unpaired) electrons. The van der Waals surface area contributed by atoms with E-state index in [4.69, 9.17) is 55.9 Å². The third kappa shape index (κ3) is 13.3. The van der Waals surface area contributed by atoms with Gasteiger partial charge in [-0.1, -0.05) is 82.8 Å². The minimum absolute atomic E-state index is 0.113. The Morgan fingerprint density at radius 2 is 0.923 bits per heavy atom. The molecule has 2 saturated heterocycles. The molecule has 14 nitrogen and oxygen atoms in total. The van der Waals surface area contributed by atoms with Crippen LogP contribution in [0.4, 0.5) is 8.78 Å². The number of carboxylic acid groups (broad SMARTS) is 2. The highest BCUT2D eigenvalue weighted by molar-refractivity contribution is 7.93. The normalized spacial score (nSPS) is 25.0. The largest absolute Gasteiger partial charge is 0.481 e. The molecular weight excluding hydrogens is 1140 g/mol. The van der Waals surface area contributed by atoms with Crippen molar-refractivity contribution < 1.29 is 64.5 Å². The summed E-state index contributed by atoms with van der Waals surface area (Å²) in [6, 6.07) is 18.2. The molecule has 4 aliphatic rings. The van der Waals surface area contributed by atoms with Gasteiger partial charge in [-0.2, -0.15) is 0 Å². The highest BCUT2D eigenvalue weighted by atomic mass is 35.5. The van der Waals surface area contributed by atoms with Crippen molar-refractivity contribution in [3.63, 3.8) is 0 Å². The lowest BCUT2D eigenvalue weighted by molar-refractivity contribution is -0.206. The maximum Gasteiger partial charge on any atom is 0.306 e. The van der Waals surface area contributed by atoms with Crippen molar-refractivity contribution in [2.24, 2.45) is 11.8 Å². The van der Waals surface area contributed by atoms with Crippen molar-refractivity contribution in [1.29, 1.82) is 0 Å². The molecule has 2 N–H and O–H groups in total. The van der Waals surface area contributed by atoms with Gasteiger partial charge in [-0.05, 0) is 164 Å². The van der Waals surface area contributed by atoms with E-state index < -0.39 is 125 Å². The maximum atomic E-state index is 14.8. The number of hydrogen-bond acceptors (Lipinski definition) is 10. The number of benzene rings is 4. The molecule has 78 heavy (non-hydrogen) atoms. The van der Waals surface area contributed by atoms with Gasteiger partial charge in [0.1, 0.15) is 23.8 Å². The first-order valence-corrected chi connectivity index (χ1v) is 30.2. The third-order valence-electron chi connectivity index (χ3n) is 14.9. The summed E-state index contributed by atoms with van der Waals surface area (Å²) < 4.78 is 93.9. The summed E-state index contributed by atoms with van der Waals surface area (Å²) in [6.45, 7) is 12.4. The number of aliphatic carboxylic acids is 2. The van der Waals surface area contributed by atoms with Gasteiger partial charge < -0.3 is 29.5 Å². The van der Waals surface area contributed by atoms with E-state index >= 15 is 0 Å². The molecule has 4 aromatic rings. The number of sulfone groups is 2. The minimum atomic E-state index is -3.71. The van der Waals surface area contributed by atoms with Gasteiger partial charge in [-0.15, -0.1) is 0 Å². The number of morpholine rings is 2. The second kappa shape index (κ2) is 22.9. The van der Waals surface area contributed by atoms with Crippen molar-refractivity contribution in [1.82, 2.24) is 9.80 Å². The Bertz CT molecular complexity index is 2990. The molecule has 8 atom stereocenters. The van der Waals surface area contributed by atoms with Gasteiger partial charge in [-0.3, -0.25) is 19.2 Å². The summed E-state index contributed by atoms with van der Waals surface area (Å²) in [7, 11) is -7.42. The Balaban J connectivity index is 0.000000226. The van der Waals surface area contributed by atoms with Gasteiger partial charge in [0.05, 0.1) is 56.0 Å². The van der Waals surface area contributed by atoms with Crippen LogP contribution >= 0.6 is 46.4 Å². The molecule has 2 saturated carbocycles. The lowest BCUT2D eigenvalue weighted by atomic mass is 9.85. The van der Waals surface area contributed by atoms with Crippen LogP contribution in [0, 0.1) is 23.5 Å². The molecule has 4 fully saturated rings. The number of hydrogen-bond donors (Lipinski definition) is 2. The van der Waals surface area contributed by atoms with Crippen molar-refractivity contribution in [2.45, 2.75) is 151 Å². The van der Waals surface area contributed by atoms with Gasteiger partial charge >= 0.3 is 11.9 Å². The summed E-state index contributed by atoms with van der Waals surface area (Å²) in [5.74, 6) is -6.17. The monoisotopic (exact) mass is 1200 g/mol. The number of nitrogens with zero attached hydrogens (tertiary/aromatic N) is 2. The lowest BCUT2D eigenvalue weighted by Crippen LogP contribution is -2.62. The average Bonchev–Trinajstić information content (AvgIpc) is 4.40. The van der Waals surface area contributed by atoms with Crippen LogP contribution in [0.2, 0.25) is 20.1 Å². The lowest BCUT2D eigenvalue weighted by Gasteiger charge is -2.52. The second-order valence-corrected chi connectivity index (χ2v) is 30.3. The van der Waals surface area contributed by atoms with Crippen LogP contribution in [0.5, 0.6) is 0 Å². The number of carbonyl (C=O) groups is 4. The Morgan fingerprint density at radius 3 is 1.19 bits per heavy atom. The molecule has 22 heteroatoms. The van der Waals surface area contributed by atoms with E-state index in [1.165, 1.54) is 47.9 Å². The number of halogens is 6. The molecule has 0 aromatic heterocycles. The zero-order valence-corrected chi connectivity index (χ0v) is 49.0. The van der Waals surface area contributed by atoms with Gasteiger partial charge in [0, 0.05) is 22.1 Å². The Hall–Kier alpha value is -4.40. The molecule has 0 bridgehead atoms. The van der Waals surface area contributed by atoms with E-state index in [0.29, 0.717) is 58.0 Å². The Labute approximate surface area is 474 Å². The van der Waals surface area contributed by atoms with E-state index in [1.807, 2.05) is 0 Å². The van der Waals surface area contributed by atoms with Crippen LogP contribution in [0.1, 0.15) is 140 Å². The number of carbonyl (C=O) groups excluding carboxylic acids is 2. The molecule has 2 heterocycles. The molecule has 4 aromatic carbocycles. The molecular formula is C56H64Cl4F2N2O12S2. The van der Waals surface area contributed by atoms with Crippen molar-refractivity contribution in [3.8, 4) is 0 Å². The first kappa shape index (κ1) is 61.2. The third-order valence-corrected chi connectivity index (χ3v) is 21.3. The summed E-state index contributed by atoms with van der Waals surface area (Å²) >= 11 is 24.5. The summed E-state index contributed by atoms with van der Waals surface area (Å²) in [6.07, 6.45) is -0.450. The van der Waals surface area contributed by atoms with Crippen molar-refractivity contribution >= 4 is 89.8 Å². The molecule has 2 amide bonds. The van der Waals surface area contributed by atoms with Gasteiger partial charge in [0.15, 0.2) is 30.9 Å². The zero-order chi connectivity index (χ0) is 57.8. The smallest absolute Gasteiger partial charge is 0.306 e. The van der Waals surface area contributed by atoms with Crippen molar-refractivity contribution in [2.75, 3.05) is 11.5 Å². The fourth-order valence-electron chi connectivity index (χ4n) is 10.1. The standard InChI is InChI=1S/2C28H32Cl2FNO6S/c2*1-27(2,3)39(36,37)15-22(16-8-9-16)32-24(17-10-11-20(30)21(31)13-17)25(18-6-5-7-19(29)12-18)38-28(4,26(32)35)14-23(33)34/h2*5-7,10-13,16,22,24-25H,8-9,14-15H2,1-4H3,(H,33,34)/t22-,24?,25-,28+;22-,24?,25-,28-/m11/s1. The van der Waals surface area contributed by atoms with Crippen LogP contribution in [0.25, 0.3) is 0 Å². The number of rotatable bonds is 16. The SMILES string of the molecule is CC(C)(C)S(=O)(=O)C[C@H](C1CC1)N1C(=O)[C@@](C)(CC(=O)O)O[C@H](c2cccc(Cl)c2)C1c1ccc(Cl)c(F)c1.CC(C)(C)S(=O)(=O)C[C@H](C1CC1)N1C(=O)[C@](C)(CC(=O)O)O[C@H](c2cccc(Cl)c2)C1c1ccc(Cl)c(F)c1. The topological polar surface area (TPSA) is 202 Å². The summed E-state index contributed by atoms with van der Waals surface area (Å²) in [5.41, 5.74) is -1.90. The maximum absolute atomic E-state index is 14.8. The predicted molar refractivity (Wildman–Crippen MR) is 294 cm³/mol. The number of ether oxygens (including phenoxy) is 2. The first-order chi connectivity index (χ1) is 36.1. The Kier molecular flexibility index (Phi) is 17.9. The van der Waals surface area contributed by atoms with Crippen LogP contribution in [0.3, 0.4) is 0 Å². The molecule has 2 aliphatic heterocycles. The van der Waals surface area contributed by atoms with Crippen LogP contribution in [0.15, 0.2) is 84.9 Å². The summed E-state index contributed by atoms with van der Waals surface area (Å²) in [4.78, 5) is 55.2. The molecule has 8 rings (SSSR count). The quantitative estimate of drug-likeness (QED) is 0.108. The summed E-state index contributed by atoms with van der Waals surface area (Å²) in [5, 5.41) is 20.0. The zero-order valence-electron chi connectivity index (χ0n) is 44.3. The number of amides is 2. The van der Waals surface area contributed by atoms with Gasteiger partial charge in [-0.25, -0.2) is 25.6 Å². The van der Waals surface area contributed by atoms with Crippen LogP contribution in [-0.4, -0.2) is 105 Å². The Morgan fingerprint density at radius 1 is 0.590 bits per heavy atom. The highest BCUT2D eigenvalue weighted by Gasteiger charge is 2.59. The van der Waals surface area contributed by atoms with E-state index in [-0.39, 0.29) is 33.4 Å². The van der Waals surface area contributed by atoms with E-state index in [2.05, 4.69) is 0 Å². The molecule has 0 spiro atoms. The second-order valence-electron chi connectivity index (χ2n) is 23.0. The van der Waals surface area contributed by atoms with E-state index in [1.54, 1.807) is 102 Å². The first-order valence-electron chi connectivity index (χ1n) is 25.4. The minimum Gasteiger partial charge on any atom is -0.481 e. The van der Waals surface area contributed by atoms with Gasteiger partial charge in [0.25, 0.3) is 11.8 Å². The van der Waals surface area contributed by atoms with E-state index in [0.717, 1.165) is 0 Å². The van der Waals surface area contributed by atoms with E-state index in [9.17, 15) is 55.0 Å². The molecule has 424 valence electrons. The predicted octanol–water partition coefficient (Wildman–Crippen LogP) is 12.0. The number of carboxylic acids is 2. The fraction of sp³-hybridized carbons (Fsp3) is 0.500. The molecule has 2 unspecified atom stereocenters. The molecule has 2 aliphatic carbocycles. The van der Waals surface area contributed by atoms with Gasteiger partial charge in [0.2, 0.25) is 0 Å². The fourth-order valence-corrected chi connectivity index (χ4v) is 13.5. The average molecular weight is 1200 g/mol. The van der Waals surface area contributed by atoms with Crippen LogP contribution in [-0.2, 0) is 48.3 Å². The van der Waals surface area contributed by atoms with Crippen LogP contribution < -0.4 is 0 Å². The van der Waals surface area contributed by atoms with Crippen molar-refractivity contribution in [3.05, 3.63) is 139 Å².